The quantitative estimate of drug-likeness (QED) is 0.778. The number of hydrogen-bond donors (Lipinski definition) is 1. The molecule has 1 aromatic carbocycles. The number of rotatable bonds is 8. The minimum atomic E-state index is -3.48. The molecule has 5 nitrogen and oxygen atoms in total. The molecule has 1 atom stereocenters. The van der Waals surface area contributed by atoms with E-state index in [0.29, 0.717) is 10.8 Å². The maximum absolute atomic E-state index is 12.5. The molecule has 0 aliphatic heterocycles. The van der Waals surface area contributed by atoms with Gasteiger partial charge in [0.1, 0.15) is 9.96 Å². The van der Waals surface area contributed by atoms with E-state index in [0.717, 1.165) is 22.6 Å². The summed E-state index contributed by atoms with van der Waals surface area (Å²) in [6.45, 7) is 2.32. The fourth-order valence-electron chi connectivity index (χ4n) is 2.38. The molecule has 0 saturated heterocycles. The molecular formula is C17H24N2O3S2. The van der Waals surface area contributed by atoms with Crippen LogP contribution in [0.25, 0.3) is 0 Å². The first-order valence-corrected chi connectivity index (χ1v) is 10.1. The summed E-state index contributed by atoms with van der Waals surface area (Å²) in [4.78, 5) is 3.06. The second kappa shape index (κ2) is 8.11. The first-order chi connectivity index (χ1) is 11.4. The van der Waals surface area contributed by atoms with Gasteiger partial charge in [0.15, 0.2) is 0 Å². The number of hydrogen-bond acceptors (Lipinski definition) is 5. The molecule has 2 rings (SSSR count). The lowest BCUT2D eigenvalue weighted by Gasteiger charge is -2.25. The zero-order chi connectivity index (χ0) is 17.7. The summed E-state index contributed by atoms with van der Waals surface area (Å²) < 4.78 is 33.2. The normalized spacial score (nSPS) is 13.2. The summed E-state index contributed by atoms with van der Waals surface area (Å²) in [6.07, 6.45) is 0.840. The number of aryl methyl sites for hydroxylation is 1. The lowest BCUT2D eigenvalue weighted by Crippen LogP contribution is -2.34. The molecule has 0 aliphatic rings. The van der Waals surface area contributed by atoms with Crippen LogP contribution >= 0.6 is 11.3 Å². The molecule has 24 heavy (non-hydrogen) atoms. The van der Waals surface area contributed by atoms with Crippen molar-refractivity contribution in [1.82, 2.24) is 9.62 Å². The van der Waals surface area contributed by atoms with Crippen molar-refractivity contribution in [2.75, 3.05) is 27.7 Å². The Kier molecular flexibility index (Phi) is 6.40. The van der Waals surface area contributed by atoms with Crippen molar-refractivity contribution < 1.29 is 13.2 Å². The highest BCUT2D eigenvalue weighted by atomic mass is 32.2. The van der Waals surface area contributed by atoms with E-state index in [-0.39, 0.29) is 6.04 Å². The van der Waals surface area contributed by atoms with Gasteiger partial charge in [-0.1, -0.05) is 19.1 Å². The van der Waals surface area contributed by atoms with Crippen LogP contribution in [-0.4, -0.2) is 41.1 Å². The van der Waals surface area contributed by atoms with Gasteiger partial charge in [0.05, 0.1) is 7.11 Å². The van der Waals surface area contributed by atoms with Gasteiger partial charge in [-0.3, -0.25) is 0 Å². The Labute approximate surface area is 148 Å². The van der Waals surface area contributed by atoms with Crippen LogP contribution in [-0.2, 0) is 16.4 Å². The molecule has 1 N–H and O–H groups in total. The molecule has 1 unspecified atom stereocenters. The lowest BCUT2D eigenvalue weighted by molar-refractivity contribution is 0.299. The summed E-state index contributed by atoms with van der Waals surface area (Å²) in [6, 6.07) is 11.2. The number of nitrogens with zero attached hydrogens (tertiary/aromatic N) is 1. The van der Waals surface area contributed by atoms with E-state index in [2.05, 4.69) is 4.72 Å². The van der Waals surface area contributed by atoms with E-state index in [1.165, 1.54) is 11.3 Å². The molecule has 132 valence electrons. The Morgan fingerprint density at radius 2 is 1.83 bits per heavy atom. The Balaban J connectivity index is 2.12. The number of benzene rings is 1. The summed E-state index contributed by atoms with van der Waals surface area (Å²) in [7, 11) is 2.01. The van der Waals surface area contributed by atoms with Gasteiger partial charge in [-0.25, -0.2) is 13.1 Å². The van der Waals surface area contributed by atoms with Gasteiger partial charge in [-0.2, -0.15) is 0 Å². The van der Waals surface area contributed by atoms with Crippen LogP contribution in [0.3, 0.4) is 0 Å². The number of sulfonamides is 1. The fraction of sp³-hybridized carbons (Fsp3) is 0.412. The minimum absolute atomic E-state index is 0.0590. The van der Waals surface area contributed by atoms with E-state index in [9.17, 15) is 8.42 Å². The van der Waals surface area contributed by atoms with Gasteiger partial charge in [0, 0.05) is 17.5 Å². The maximum Gasteiger partial charge on any atom is 0.250 e. The van der Waals surface area contributed by atoms with E-state index < -0.39 is 10.0 Å². The highest BCUT2D eigenvalue weighted by Gasteiger charge is 2.21. The highest BCUT2D eigenvalue weighted by molar-refractivity contribution is 7.91. The molecule has 0 aliphatic carbocycles. The number of methoxy groups -OCH3 is 1. The van der Waals surface area contributed by atoms with Gasteiger partial charge >= 0.3 is 0 Å². The summed E-state index contributed by atoms with van der Waals surface area (Å²) in [5, 5.41) is 0. The predicted octanol–water partition coefficient (Wildman–Crippen LogP) is 2.90. The van der Waals surface area contributed by atoms with Gasteiger partial charge in [-0.05, 0) is 50.3 Å². The first-order valence-electron chi connectivity index (χ1n) is 7.76. The number of likely N-dealkylation sites (N-methyl/N-ethyl adjacent to an activating group) is 1. The van der Waals surface area contributed by atoms with Crippen LogP contribution in [0.4, 0.5) is 0 Å². The fourth-order valence-corrected chi connectivity index (χ4v) is 4.76. The molecule has 1 heterocycles. The molecule has 0 bridgehead atoms. The van der Waals surface area contributed by atoms with E-state index >= 15 is 0 Å². The van der Waals surface area contributed by atoms with Crippen LogP contribution in [0.2, 0.25) is 0 Å². The molecule has 0 radical (unpaired) electrons. The molecule has 0 spiro atoms. The SMILES string of the molecule is CCc1ccc(S(=O)(=O)NCC(c2ccc(OC)cc2)N(C)C)s1. The van der Waals surface area contributed by atoms with Gasteiger partial charge < -0.3 is 9.64 Å². The third-order valence-electron chi connectivity index (χ3n) is 3.84. The van der Waals surface area contributed by atoms with Crippen LogP contribution in [0.1, 0.15) is 23.4 Å². The van der Waals surface area contributed by atoms with Gasteiger partial charge in [0.25, 0.3) is 0 Å². The molecule has 0 fully saturated rings. The number of thiophene rings is 1. The Morgan fingerprint density at radius 1 is 1.17 bits per heavy atom. The van der Waals surface area contributed by atoms with Crippen molar-refractivity contribution in [2.45, 2.75) is 23.6 Å². The van der Waals surface area contributed by atoms with E-state index in [1.807, 2.05) is 56.3 Å². The standard InChI is InChI=1S/C17H24N2O3S2/c1-5-15-10-11-17(23-15)24(20,21)18-12-16(19(2)3)13-6-8-14(22-4)9-7-13/h6-11,16,18H,5,12H2,1-4H3. The average Bonchev–Trinajstić information content (AvgIpc) is 3.05. The van der Waals surface area contributed by atoms with Crippen LogP contribution in [0.15, 0.2) is 40.6 Å². The van der Waals surface area contributed by atoms with Crippen molar-refractivity contribution in [2.24, 2.45) is 0 Å². The zero-order valence-electron chi connectivity index (χ0n) is 14.4. The van der Waals surface area contributed by atoms with Crippen molar-refractivity contribution in [3.05, 3.63) is 46.8 Å². The molecule has 1 aromatic heterocycles. The van der Waals surface area contributed by atoms with E-state index in [4.69, 9.17) is 4.74 Å². The Hall–Kier alpha value is -1.41. The predicted molar refractivity (Wildman–Crippen MR) is 98.3 cm³/mol. The van der Waals surface area contributed by atoms with Crippen LogP contribution in [0, 0.1) is 0 Å². The van der Waals surface area contributed by atoms with E-state index in [1.54, 1.807) is 13.2 Å². The first kappa shape index (κ1) is 18.9. The summed E-state index contributed by atoms with van der Waals surface area (Å²) in [5.74, 6) is 0.780. The number of nitrogens with one attached hydrogen (secondary N) is 1. The molecule has 0 amide bonds. The van der Waals surface area contributed by atoms with Crippen LogP contribution in [0.5, 0.6) is 5.75 Å². The van der Waals surface area contributed by atoms with Crippen molar-refractivity contribution >= 4 is 21.4 Å². The minimum Gasteiger partial charge on any atom is -0.497 e. The second-order valence-electron chi connectivity index (χ2n) is 5.68. The summed E-state index contributed by atoms with van der Waals surface area (Å²) >= 11 is 1.32. The smallest absolute Gasteiger partial charge is 0.250 e. The molecule has 2 aromatic rings. The topological polar surface area (TPSA) is 58.6 Å². The Morgan fingerprint density at radius 3 is 2.33 bits per heavy atom. The van der Waals surface area contributed by atoms with Crippen molar-refractivity contribution in [1.29, 1.82) is 0 Å². The summed E-state index contributed by atoms with van der Waals surface area (Å²) in [5.41, 5.74) is 1.03. The van der Waals surface area contributed by atoms with Gasteiger partial charge in [-0.15, -0.1) is 11.3 Å². The third kappa shape index (κ3) is 4.57. The highest BCUT2D eigenvalue weighted by Crippen LogP contribution is 2.24. The average molecular weight is 369 g/mol. The zero-order valence-corrected chi connectivity index (χ0v) is 16.1. The maximum atomic E-state index is 12.5. The van der Waals surface area contributed by atoms with Crippen molar-refractivity contribution in [3.63, 3.8) is 0 Å². The Bertz CT molecular complexity index is 752. The van der Waals surface area contributed by atoms with Crippen molar-refractivity contribution in [3.8, 4) is 5.75 Å². The third-order valence-corrected chi connectivity index (χ3v) is 6.99. The van der Waals surface area contributed by atoms with Gasteiger partial charge in [0.2, 0.25) is 10.0 Å². The lowest BCUT2D eigenvalue weighted by atomic mass is 10.1. The molecule has 7 heteroatoms. The van der Waals surface area contributed by atoms with Crippen LogP contribution < -0.4 is 9.46 Å². The monoisotopic (exact) mass is 368 g/mol. The largest absolute Gasteiger partial charge is 0.497 e. The second-order valence-corrected chi connectivity index (χ2v) is 8.84. The molecule has 0 saturated carbocycles. The molecular weight excluding hydrogens is 344 g/mol. The number of ether oxygens (including phenoxy) is 1.